The molecule has 2 nitrogen and oxygen atoms in total. The van der Waals surface area contributed by atoms with Crippen molar-refractivity contribution in [3.05, 3.63) is 69.5 Å². The fraction of sp³-hybridized carbons (Fsp3) is 0.200. The topological polar surface area (TPSA) is 46.2 Å². The van der Waals surface area contributed by atoms with E-state index in [4.69, 9.17) is 28.9 Å². The summed E-state index contributed by atoms with van der Waals surface area (Å²) in [5, 5.41) is 11.0. The van der Waals surface area contributed by atoms with Gasteiger partial charge in [-0.3, -0.25) is 0 Å². The van der Waals surface area contributed by atoms with Gasteiger partial charge in [-0.25, -0.2) is 4.39 Å². The molecular formula is C15H14Cl2FNO. The van der Waals surface area contributed by atoms with Crippen molar-refractivity contribution in [3.63, 3.8) is 0 Å². The molecule has 106 valence electrons. The Balaban J connectivity index is 2.36. The standard InChI is InChI=1S/C15H14Cl2FNO/c16-10-6-4-9(5-7-10)12(8-19)15(20)11-2-1-3-13(17)14(11)18/h1-7,12,15,20H,8,19H2. The van der Waals surface area contributed by atoms with Gasteiger partial charge in [0.25, 0.3) is 0 Å². The minimum absolute atomic E-state index is 0.0200. The van der Waals surface area contributed by atoms with E-state index < -0.39 is 17.8 Å². The highest BCUT2D eigenvalue weighted by Crippen LogP contribution is 2.33. The first-order valence-electron chi connectivity index (χ1n) is 6.12. The zero-order valence-corrected chi connectivity index (χ0v) is 12.1. The van der Waals surface area contributed by atoms with E-state index in [1.807, 2.05) is 0 Å². The molecule has 0 amide bonds. The van der Waals surface area contributed by atoms with Crippen LogP contribution in [0.3, 0.4) is 0 Å². The minimum Gasteiger partial charge on any atom is -0.388 e. The zero-order valence-electron chi connectivity index (χ0n) is 10.6. The lowest BCUT2D eigenvalue weighted by Crippen LogP contribution is -2.21. The highest BCUT2D eigenvalue weighted by atomic mass is 35.5. The highest BCUT2D eigenvalue weighted by molar-refractivity contribution is 6.31. The molecule has 2 aromatic rings. The van der Waals surface area contributed by atoms with Gasteiger partial charge in [0, 0.05) is 23.0 Å². The van der Waals surface area contributed by atoms with Crippen molar-refractivity contribution in [2.75, 3.05) is 6.54 Å². The molecule has 0 saturated carbocycles. The number of rotatable bonds is 4. The predicted octanol–water partition coefficient (Wildman–Crippen LogP) is 3.91. The number of benzene rings is 2. The van der Waals surface area contributed by atoms with E-state index in [0.29, 0.717) is 5.02 Å². The second-order valence-electron chi connectivity index (χ2n) is 4.48. The van der Waals surface area contributed by atoms with Gasteiger partial charge in [0.1, 0.15) is 5.82 Å². The van der Waals surface area contributed by atoms with Crippen molar-refractivity contribution in [3.8, 4) is 0 Å². The van der Waals surface area contributed by atoms with E-state index in [9.17, 15) is 9.50 Å². The fourth-order valence-corrected chi connectivity index (χ4v) is 2.43. The van der Waals surface area contributed by atoms with E-state index in [1.165, 1.54) is 12.1 Å². The molecular weight excluding hydrogens is 300 g/mol. The first-order valence-corrected chi connectivity index (χ1v) is 6.87. The summed E-state index contributed by atoms with van der Waals surface area (Å²) < 4.78 is 14.0. The Morgan fingerprint density at radius 2 is 1.75 bits per heavy atom. The van der Waals surface area contributed by atoms with Crippen LogP contribution in [0.2, 0.25) is 10.0 Å². The Morgan fingerprint density at radius 3 is 2.35 bits per heavy atom. The lowest BCUT2D eigenvalue weighted by Gasteiger charge is -2.23. The molecule has 0 aliphatic carbocycles. The fourth-order valence-electron chi connectivity index (χ4n) is 2.12. The summed E-state index contributed by atoms with van der Waals surface area (Å²) in [4.78, 5) is 0. The van der Waals surface area contributed by atoms with Gasteiger partial charge in [-0.2, -0.15) is 0 Å². The normalized spacial score (nSPS) is 14.1. The van der Waals surface area contributed by atoms with Crippen molar-refractivity contribution in [2.45, 2.75) is 12.0 Å². The molecule has 0 aromatic heterocycles. The van der Waals surface area contributed by atoms with Crippen LogP contribution in [0.25, 0.3) is 0 Å². The number of hydrogen-bond acceptors (Lipinski definition) is 2. The van der Waals surface area contributed by atoms with Gasteiger partial charge in [0.15, 0.2) is 0 Å². The molecule has 0 heterocycles. The smallest absolute Gasteiger partial charge is 0.147 e. The molecule has 2 atom stereocenters. The van der Waals surface area contributed by atoms with Crippen LogP contribution >= 0.6 is 23.2 Å². The van der Waals surface area contributed by atoms with Gasteiger partial charge < -0.3 is 10.8 Å². The summed E-state index contributed by atoms with van der Waals surface area (Å²) in [6.45, 7) is 0.175. The summed E-state index contributed by atoms with van der Waals surface area (Å²) in [6, 6.07) is 11.5. The van der Waals surface area contributed by atoms with E-state index in [0.717, 1.165) is 5.56 Å². The number of halogens is 3. The van der Waals surface area contributed by atoms with Gasteiger partial charge in [0.2, 0.25) is 0 Å². The SMILES string of the molecule is NCC(c1ccc(Cl)cc1)C(O)c1cccc(Cl)c1F. The molecule has 3 N–H and O–H groups in total. The Labute approximate surface area is 126 Å². The maximum Gasteiger partial charge on any atom is 0.147 e. The number of aliphatic hydroxyl groups is 1. The zero-order chi connectivity index (χ0) is 14.7. The van der Waals surface area contributed by atoms with Gasteiger partial charge >= 0.3 is 0 Å². The molecule has 0 fully saturated rings. The Kier molecular flexibility index (Phi) is 5.00. The van der Waals surface area contributed by atoms with E-state index >= 15 is 0 Å². The van der Waals surface area contributed by atoms with Crippen LogP contribution in [-0.2, 0) is 0 Å². The third kappa shape index (κ3) is 3.13. The van der Waals surface area contributed by atoms with E-state index in [-0.39, 0.29) is 17.1 Å². The maximum absolute atomic E-state index is 14.0. The highest BCUT2D eigenvalue weighted by Gasteiger charge is 2.24. The third-order valence-electron chi connectivity index (χ3n) is 3.23. The summed E-state index contributed by atoms with van der Waals surface area (Å²) in [6.07, 6.45) is -1.07. The molecule has 0 aliphatic rings. The van der Waals surface area contributed by atoms with Crippen molar-refractivity contribution in [1.29, 1.82) is 0 Å². The van der Waals surface area contributed by atoms with Crippen LogP contribution < -0.4 is 5.73 Å². The second-order valence-corrected chi connectivity index (χ2v) is 5.33. The molecule has 0 radical (unpaired) electrons. The molecule has 2 rings (SSSR count). The predicted molar refractivity (Wildman–Crippen MR) is 79.6 cm³/mol. The Bertz CT molecular complexity index is 589. The Morgan fingerprint density at radius 1 is 1.10 bits per heavy atom. The summed E-state index contributed by atoms with van der Waals surface area (Å²) in [5.74, 6) is -1.05. The van der Waals surface area contributed by atoms with Crippen molar-refractivity contribution in [2.24, 2.45) is 5.73 Å². The number of nitrogens with two attached hydrogens (primary N) is 1. The van der Waals surface area contributed by atoms with E-state index in [1.54, 1.807) is 30.3 Å². The molecule has 0 spiro atoms. The van der Waals surface area contributed by atoms with Crippen LogP contribution in [0.5, 0.6) is 0 Å². The third-order valence-corrected chi connectivity index (χ3v) is 3.78. The Hall–Kier alpha value is -1.13. The van der Waals surface area contributed by atoms with Crippen molar-refractivity contribution < 1.29 is 9.50 Å². The molecule has 20 heavy (non-hydrogen) atoms. The van der Waals surface area contributed by atoms with Crippen molar-refractivity contribution >= 4 is 23.2 Å². The summed E-state index contributed by atoms with van der Waals surface area (Å²) >= 11 is 11.6. The van der Waals surface area contributed by atoms with Crippen LogP contribution in [0, 0.1) is 5.82 Å². The van der Waals surface area contributed by atoms with Gasteiger partial charge in [-0.15, -0.1) is 0 Å². The van der Waals surface area contributed by atoms with E-state index in [2.05, 4.69) is 0 Å². The van der Waals surface area contributed by atoms with Gasteiger partial charge in [0.05, 0.1) is 11.1 Å². The average molecular weight is 314 g/mol. The lowest BCUT2D eigenvalue weighted by molar-refractivity contribution is 0.143. The van der Waals surface area contributed by atoms with Crippen LogP contribution in [-0.4, -0.2) is 11.7 Å². The molecule has 2 unspecified atom stereocenters. The van der Waals surface area contributed by atoms with Crippen LogP contribution in [0.15, 0.2) is 42.5 Å². The number of hydrogen-bond donors (Lipinski definition) is 2. The monoisotopic (exact) mass is 313 g/mol. The van der Waals surface area contributed by atoms with Crippen LogP contribution in [0.4, 0.5) is 4.39 Å². The second kappa shape index (κ2) is 6.55. The summed E-state index contributed by atoms with van der Waals surface area (Å²) in [5.41, 5.74) is 6.66. The van der Waals surface area contributed by atoms with Crippen LogP contribution in [0.1, 0.15) is 23.1 Å². The number of aliphatic hydroxyl groups excluding tert-OH is 1. The first-order chi connectivity index (χ1) is 9.54. The van der Waals surface area contributed by atoms with Crippen molar-refractivity contribution in [1.82, 2.24) is 0 Å². The largest absolute Gasteiger partial charge is 0.388 e. The van der Waals surface area contributed by atoms with Gasteiger partial charge in [-0.05, 0) is 23.8 Å². The average Bonchev–Trinajstić information content (AvgIpc) is 2.44. The first kappa shape index (κ1) is 15.3. The maximum atomic E-state index is 14.0. The molecule has 5 heteroatoms. The molecule has 0 saturated heterocycles. The quantitative estimate of drug-likeness (QED) is 0.899. The molecule has 2 aromatic carbocycles. The minimum atomic E-state index is -1.07. The molecule has 0 aliphatic heterocycles. The van der Waals surface area contributed by atoms with Gasteiger partial charge in [-0.1, -0.05) is 47.5 Å². The lowest BCUT2D eigenvalue weighted by atomic mass is 9.89. The molecule has 0 bridgehead atoms. The summed E-state index contributed by atoms with van der Waals surface area (Å²) in [7, 11) is 0.